The van der Waals surface area contributed by atoms with Crippen LogP contribution >= 0.6 is 0 Å². The second kappa shape index (κ2) is 9.96. The van der Waals surface area contributed by atoms with Crippen LogP contribution in [0.3, 0.4) is 0 Å². The van der Waals surface area contributed by atoms with E-state index in [0.29, 0.717) is 0 Å². The van der Waals surface area contributed by atoms with E-state index in [9.17, 15) is 4.79 Å². The van der Waals surface area contributed by atoms with E-state index in [4.69, 9.17) is 0 Å². The molecule has 188 valence electrons. The van der Waals surface area contributed by atoms with E-state index in [1.807, 2.05) is 71.6 Å². The standard InChI is InChI=1S/C36H28N2O/c1-4-10-27(5-2)37(28-11-7-6-8-12-28)29-19-21-30(22-20-29)38-34-24-23-31(26-17-15-25(3)16-18-26)32-13-9-14-33(35(32)34)36(38)39/h4-24H,1-2H2,3H3/b27-10+. The lowest BCUT2D eigenvalue weighted by Crippen LogP contribution is -2.21. The fourth-order valence-electron chi connectivity index (χ4n) is 5.35. The first-order chi connectivity index (χ1) is 19.1. The first-order valence-electron chi connectivity index (χ1n) is 13.0. The van der Waals surface area contributed by atoms with Gasteiger partial charge in [-0.2, -0.15) is 0 Å². The van der Waals surface area contributed by atoms with E-state index < -0.39 is 0 Å². The van der Waals surface area contributed by atoms with Crippen molar-refractivity contribution in [3.05, 3.63) is 157 Å². The molecule has 0 aliphatic carbocycles. The maximum Gasteiger partial charge on any atom is 0.263 e. The molecule has 0 radical (unpaired) electrons. The SMILES string of the molecule is C=C/C=C(\C=C)N(c1ccccc1)c1ccc(N2C(=O)c3cccc4c(-c5ccc(C)cc5)ccc2c34)cc1. The third-order valence-corrected chi connectivity index (χ3v) is 7.19. The normalized spacial score (nSPS) is 12.6. The molecule has 3 nitrogen and oxygen atoms in total. The van der Waals surface area contributed by atoms with E-state index in [0.717, 1.165) is 55.9 Å². The summed E-state index contributed by atoms with van der Waals surface area (Å²) in [6, 6.07) is 37.0. The Labute approximate surface area is 229 Å². The van der Waals surface area contributed by atoms with Crippen molar-refractivity contribution in [1.82, 2.24) is 0 Å². The summed E-state index contributed by atoms with van der Waals surface area (Å²) in [5.41, 5.74) is 8.84. The number of hydrogen-bond donors (Lipinski definition) is 0. The van der Waals surface area contributed by atoms with Gasteiger partial charge in [0, 0.05) is 28.1 Å². The van der Waals surface area contributed by atoms with Crippen LogP contribution in [0, 0.1) is 6.92 Å². The Hall–Kier alpha value is -5.15. The van der Waals surface area contributed by atoms with Gasteiger partial charge in [0.15, 0.2) is 0 Å². The van der Waals surface area contributed by atoms with Crippen LogP contribution in [0.15, 0.2) is 146 Å². The maximum absolute atomic E-state index is 13.7. The Kier molecular flexibility index (Phi) is 6.18. The van der Waals surface area contributed by atoms with Gasteiger partial charge in [0.2, 0.25) is 0 Å². The van der Waals surface area contributed by atoms with E-state index in [1.54, 1.807) is 6.08 Å². The second-order valence-corrected chi connectivity index (χ2v) is 9.59. The molecule has 0 atom stereocenters. The number of allylic oxidation sites excluding steroid dienone is 3. The van der Waals surface area contributed by atoms with Crippen LogP contribution in [0.2, 0.25) is 0 Å². The highest BCUT2D eigenvalue weighted by Gasteiger charge is 2.32. The molecule has 0 fully saturated rings. The summed E-state index contributed by atoms with van der Waals surface area (Å²) in [6.45, 7) is 9.96. The Morgan fingerprint density at radius 1 is 0.744 bits per heavy atom. The van der Waals surface area contributed by atoms with Crippen molar-refractivity contribution in [2.75, 3.05) is 9.80 Å². The first kappa shape index (κ1) is 24.2. The Balaban J connectivity index is 1.42. The lowest BCUT2D eigenvalue weighted by molar-refractivity contribution is 0.100. The van der Waals surface area contributed by atoms with Crippen LogP contribution < -0.4 is 9.80 Å². The van der Waals surface area contributed by atoms with Gasteiger partial charge in [-0.25, -0.2) is 0 Å². The number of aryl methyl sites for hydroxylation is 1. The van der Waals surface area contributed by atoms with E-state index >= 15 is 0 Å². The Morgan fingerprint density at radius 2 is 1.46 bits per heavy atom. The molecular weight excluding hydrogens is 476 g/mol. The molecule has 0 spiro atoms. The van der Waals surface area contributed by atoms with Gasteiger partial charge in [-0.1, -0.05) is 85.5 Å². The molecule has 0 unspecified atom stereocenters. The smallest absolute Gasteiger partial charge is 0.263 e. The van der Waals surface area contributed by atoms with E-state index in [-0.39, 0.29) is 5.91 Å². The van der Waals surface area contributed by atoms with Gasteiger partial charge in [0.25, 0.3) is 5.91 Å². The molecule has 1 heterocycles. The zero-order valence-corrected chi connectivity index (χ0v) is 21.8. The van der Waals surface area contributed by atoms with Gasteiger partial charge in [-0.15, -0.1) is 0 Å². The van der Waals surface area contributed by atoms with Crippen LogP contribution in [0.4, 0.5) is 22.7 Å². The van der Waals surface area contributed by atoms with Gasteiger partial charge in [0.1, 0.15) is 0 Å². The van der Waals surface area contributed by atoms with Crippen molar-refractivity contribution in [2.45, 2.75) is 6.92 Å². The van der Waals surface area contributed by atoms with Gasteiger partial charge < -0.3 is 4.90 Å². The number of para-hydroxylation sites is 1. The molecular formula is C36H28N2O. The molecule has 3 heteroatoms. The highest BCUT2D eigenvalue weighted by molar-refractivity contribution is 6.29. The van der Waals surface area contributed by atoms with E-state index in [2.05, 4.69) is 79.6 Å². The maximum atomic E-state index is 13.7. The van der Waals surface area contributed by atoms with Crippen molar-refractivity contribution >= 4 is 39.4 Å². The molecule has 0 bridgehead atoms. The largest absolute Gasteiger partial charge is 0.311 e. The molecule has 1 aliphatic rings. The molecule has 1 aliphatic heterocycles. The van der Waals surface area contributed by atoms with Crippen molar-refractivity contribution in [2.24, 2.45) is 0 Å². The third kappa shape index (κ3) is 4.14. The van der Waals surface area contributed by atoms with Gasteiger partial charge in [0.05, 0.1) is 11.3 Å². The number of amides is 1. The molecule has 1 amide bonds. The van der Waals surface area contributed by atoms with Crippen molar-refractivity contribution in [3.8, 4) is 11.1 Å². The van der Waals surface area contributed by atoms with Crippen LogP contribution in [0.25, 0.3) is 21.9 Å². The van der Waals surface area contributed by atoms with Crippen LogP contribution in [-0.2, 0) is 0 Å². The highest BCUT2D eigenvalue weighted by Crippen LogP contribution is 2.45. The number of anilines is 4. The zero-order chi connectivity index (χ0) is 26.9. The molecule has 0 saturated carbocycles. The number of rotatable bonds is 7. The molecule has 6 rings (SSSR count). The van der Waals surface area contributed by atoms with Crippen molar-refractivity contribution in [1.29, 1.82) is 0 Å². The number of carbonyl (C=O) groups is 1. The number of hydrogen-bond acceptors (Lipinski definition) is 2. The molecule has 5 aromatic carbocycles. The summed E-state index contributed by atoms with van der Waals surface area (Å²) in [6.07, 6.45) is 5.50. The summed E-state index contributed by atoms with van der Waals surface area (Å²) in [5, 5.41) is 2.08. The molecule has 5 aromatic rings. The van der Waals surface area contributed by atoms with Crippen LogP contribution in [-0.4, -0.2) is 5.91 Å². The van der Waals surface area contributed by atoms with Crippen LogP contribution in [0.1, 0.15) is 15.9 Å². The Bertz CT molecular complexity index is 1750. The minimum Gasteiger partial charge on any atom is -0.311 e. The lowest BCUT2D eigenvalue weighted by atomic mass is 9.95. The first-order valence-corrected chi connectivity index (χ1v) is 13.0. The van der Waals surface area contributed by atoms with Crippen LogP contribution in [0.5, 0.6) is 0 Å². The van der Waals surface area contributed by atoms with Crippen molar-refractivity contribution < 1.29 is 4.79 Å². The Morgan fingerprint density at radius 3 is 2.15 bits per heavy atom. The fourth-order valence-corrected chi connectivity index (χ4v) is 5.35. The molecule has 0 N–H and O–H groups in total. The quantitative estimate of drug-likeness (QED) is 0.206. The van der Waals surface area contributed by atoms with Crippen molar-refractivity contribution in [3.63, 3.8) is 0 Å². The highest BCUT2D eigenvalue weighted by atomic mass is 16.2. The predicted molar refractivity (Wildman–Crippen MR) is 164 cm³/mol. The predicted octanol–water partition coefficient (Wildman–Crippen LogP) is 9.50. The summed E-state index contributed by atoms with van der Waals surface area (Å²) in [4.78, 5) is 17.7. The summed E-state index contributed by atoms with van der Waals surface area (Å²) in [7, 11) is 0. The minimum absolute atomic E-state index is 0.0114. The molecule has 0 saturated heterocycles. The number of benzene rings is 5. The third-order valence-electron chi connectivity index (χ3n) is 7.19. The summed E-state index contributed by atoms with van der Waals surface area (Å²) in [5.74, 6) is -0.0114. The average molecular weight is 505 g/mol. The zero-order valence-electron chi connectivity index (χ0n) is 21.8. The lowest BCUT2D eigenvalue weighted by Gasteiger charge is -2.27. The molecule has 39 heavy (non-hydrogen) atoms. The number of carbonyl (C=O) groups excluding carboxylic acids is 1. The summed E-state index contributed by atoms with van der Waals surface area (Å²) < 4.78 is 0. The fraction of sp³-hybridized carbons (Fsp3) is 0.0278. The van der Waals surface area contributed by atoms with Gasteiger partial charge >= 0.3 is 0 Å². The minimum atomic E-state index is -0.0114. The average Bonchev–Trinajstić information content (AvgIpc) is 3.27. The summed E-state index contributed by atoms with van der Waals surface area (Å²) >= 11 is 0. The van der Waals surface area contributed by atoms with Gasteiger partial charge in [-0.05, 0) is 84.1 Å². The van der Waals surface area contributed by atoms with E-state index in [1.165, 1.54) is 5.56 Å². The number of nitrogens with zero attached hydrogens (tertiary/aromatic N) is 2. The van der Waals surface area contributed by atoms with Gasteiger partial charge in [-0.3, -0.25) is 9.69 Å². The topological polar surface area (TPSA) is 23.6 Å². The second-order valence-electron chi connectivity index (χ2n) is 9.59. The monoisotopic (exact) mass is 504 g/mol. The molecule has 0 aromatic heterocycles.